The van der Waals surface area contributed by atoms with Crippen LogP contribution in [0.5, 0.6) is 0 Å². The van der Waals surface area contributed by atoms with Crippen LogP contribution in [0.1, 0.15) is 27.2 Å². The predicted molar refractivity (Wildman–Crippen MR) is 57.0 cm³/mol. The van der Waals surface area contributed by atoms with Gasteiger partial charge in [-0.25, -0.2) is 5.01 Å². The number of carbonyl (C=O) groups is 1. The van der Waals surface area contributed by atoms with Crippen LogP contribution in [-0.4, -0.2) is 29.7 Å². The van der Waals surface area contributed by atoms with Crippen LogP contribution in [0.4, 0.5) is 0 Å². The second-order valence-corrected chi connectivity index (χ2v) is 4.51. The molecule has 0 saturated carbocycles. The van der Waals surface area contributed by atoms with Crippen LogP contribution in [0.3, 0.4) is 0 Å². The average Bonchev–Trinajstić information content (AvgIpc) is 2.31. The van der Waals surface area contributed by atoms with E-state index in [-0.39, 0.29) is 29.9 Å². The molecule has 0 bridgehead atoms. The first-order chi connectivity index (χ1) is 5.88. The van der Waals surface area contributed by atoms with E-state index in [1.807, 2.05) is 20.8 Å². The molecule has 0 radical (unpaired) electrons. The SMILES string of the molecule is CC(C)(C)OC(=O)C1CCN(N)C1.Cl. The van der Waals surface area contributed by atoms with Gasteiger partial charge in [0.25, 0.3) is 0 Å². The Bertz CT molecular complexity index is 203. The van der Waals surface area contributed by atoms with Crippen molar-refractivity contribution in [2.24, 2.45) is 11.8 Å². The van der Waals surface area contributed by atoms with Crippen LogP contribution in [0, 0.1) is 5.92 Å². The highest BCUT2D eigenvalue weighted by Gasteiger charge is 2.30. The van der Waals surface area contributed by atoms with E-state index in [0.717, 1.165) is 13.0 Å². The van der Waals surface area contributed by atoms with E-state index in [1.54, 1.807) is 5.01 Å². The van der Waals surface area contributed by atoms with Gasteiger partial charge in [-0.05, 0) is 27.2 Å². The zero-order chi connectivity index (χ0) is 10.1. The van der Waals surface area contributed by atoms with E-state index in [4.69, 9.17) is 10.6 Å². The third-order valence-electron chi connectivity index (χ3n) is 1.96. The standard InChI is InChI=1S/C9H18N2O2.ClH/c1-9(2,3)13-8(12)7-4-5-11(10)6-7;/h7H,4-6,10H2,1-3H3;1H. The molecule has 2 N–H and O–H groups in total. The molecule has 14 heavy (non-hydrogen) atoms. The molecule has 5 heteroatoms. The third kappa shape index (κ3) is 4.26. The molecule has 1 unspecified atom stereocenters. The first-order valence-corrected chi connectivity index (χ1v) is 4.61. The Morgan fingerprint density at radius 2 is 2.07 bits per heavy atom. The Morgan fingerprint density at radius 1 is 1.50 bits per heavy atom. The summed E-state index contributed by atoms with van der Waals surface area (Å²) < 4.78 is 5.25. The monoisotopic (exact) mass is 222 g/mol. The number of nitrogens with two attached hydrogens (primary N) is 1. The molecule has 0 aromatic carbocycles. The highest BCUT2D eigenvalue weighted by molar-refractivity contribution is 5.85. The summed E-state index contributed by atoms with van der Waals surface area (Å²) in [5.74, 6) is 5.39. The number of carbonyl (C=O) groups excluding carboxylic acids is 1. The Hall–Kier alpha value is -0.320. The van der Waals surface area contributed by atoms with E-state index in [1.165, 1.54) is 0 Å². The molecule has 0 aromatic rings. The largest absolute Gasteiger partial charge is 0.460 e. The van der Waals surface area contributed by atoms with Crippen molar-refractivity contribution in [3.63, 3.8) is 0 Å². The maximum Gasteiger partial charge on any atom is 0.310 e. The molecule has 0 amide bonds. The van der Waals surface area contributed by atoms with Gasteiger partial charge in [-0.2, -0.15) is 0 Å². The lowest BCUT2D eigenvalue weighted by Gasteiger charge is -2.21. The van der Waals surface area contributed by atoms with Gasteiger partial charge in [-0.15, -0.1) is 12.4 Å². The minimum absolute atomic E-state index is 0. The smallest absolute Gasteiger partial charge is 0.310 e. The summed E-state index contributed by atoms with van der Waals surface area (Å²) in [5, 5.41) is 1.66. The normalized spacial score (nSPS) is 23.0. The minimum atomic E-state index is -0.390. The molecule has 0 aliphatic carbocycles. The molecule has 1 atom stereocenters. The van der Waals surface area contributed by atoms with E-state index < -0.39 is 0 Å². The number of nitrogens with zero attached hydrogens (tertiary/aromatic N) is 1. The number of hydrazine groups is 1. The molecular weight excluding hydrogens is 204 g/mol. The first-order valence-electron chi connectivity index (χ1n) is 4.61. The first kappa shape index (κ1) is 13.7. The summed E-state index contributed by atoms with van der Waals surface area (Å²) >= 11 is 0. The van der Waals surface area contributed by atoms with E-state index in [9.17, 15) is 4.79 Å². The van der Waals surface area contributed by atoms with Crippen molar-refractivity contribution in [1.29, 1.82) is 0 Å². The van der Waals surface area contributed by atoms with Crippen LogP contribution < -0.4 is 5.84 Å². The molecular formula is C9H19ClN2O2. The second-order valence-electron chi connectivity index (χ2n) is 4.51. The lowest BCUT2D eigenvalue weighted by molar-refractivity contribution is -0.159. The second kappa shape index (κ2) is 4.96. The van der Waals surface area contributed by atoms with Crippen LogP contribution in [0.2, 0.25) is 0 Å². The molecule has 1 rings (SSSR count). The highest BCUT2D eigenvalue weighted by Crippen LogP contribution is 2.18. The summed E-state index contributed by atoms with van der Waals surface area (Å²) in [6, 6.07) is 0. The Balaban J connectivity index is 0.00000169. The Morgan fingerprint density at radius 3 is 2.43 bits per heavy atom. The summed E-state index contributed by atoms with van der Waals surface area (Å²) in [5.41, 5.74) is -0.390. The summed E-state index contributed by atoms with van der Waals surface area (Å²) in [7, 11) is 0. The van der Waals surface area contributed by atoms with Crippen molar-refractivity contribution in [1.82, 2.24) is 5.01 Å². The quantitative estimate of drug-likeness (QED) is 0.530. The zero-order valence-corrected chi connectivity index (χ0v) is 9.76. The predicted octanol–water partition coefficient (Wildman–Crippen LogP) is 0.945. The minimum Gasteiger partial charge on any atom is -0.460 e. The van der Waals surface area contributed by atoms with Gasteiger partial charge in [0.2, 0.25) is 0 Å². The zero-order valence-electron chi connectivity index (χ0n) is 8.95. The lowest BCUT2D eigenvalue weighted by Crippen LogP contribution is -2.32. The number of halogens is 1. The molecule has 1 aliphatic heterocycles. The van der Waals surface area contributed by atoms with Crippen molar-refractivity contribution in [3.8, 4) is 0 Å². The fourth-order valence-electron chi connectivity index (χ4n) is 1.36. The number of ether oxygens (including phenoxy) is 1. The number of hydrogen-bond acceptors (Lipinski definition) is 4. The fraction of sp³-hybridized carbons (Fsp3) is 0.889. The Labute approximate surface area is 91.2 Å². The van der Waals surface area contributed by atoms with Gasteiger partial charge in [0, 0.05) is 13.1 Å². The molecule has 0 aromatic heterocycles. The topological polar surface area (TPSA) is 55.6 Å². The molecule has 1 saturated heterocycles. The van der Waals surface area contributed by atoms with Crippen LogP contribution >= 0.6 is 12.4 Å². The van der Waals surface area contributed by atoms with Crippen molar-refractivity contribution >= 4 is 18.4 Å². The number of rotatable bonds is 1. The Kier molecular flexibility index (Phi) is 4.84. The van der Waals surface area contributed by atoms with E-state index >= 15 is 0 Å². The molecule has 1 fully saturated rings. The molecule has 84 valence electrons. The fourth-order valence-corrected chi connectivity index (χ4v) is 1.36. The molecule has 1 heterocycles. The van der Waals surface area contributed by atoms with Gasteiger partial charge in [-0.3, -0.25) is 10.6 Å². The number of hydrogen-bond donors (Lipinski definition) is 1. The molecule has 1 aliphatic rings. The summed E-state index contributed by atoms with van der Waals surface area (Å²) in [6.45, 7) is 7.03. The van der Waals surface area contributed by atoms with Gasteiger partial charge in [0.15, 0.2) is 0 Å². The van der Waals surface area contributed by atoms with Gasteiger partial charge in [-0.1, -0.05) is 0 Å². The van der Waals surface area contributed by atoms with Crippen molar-refractivity contribution in [3.05, 3.63) is 0 Å². The molecule has 0 spiro atoms. The third-order valence-corrected chi connectivity index (χ3v) is 1.96. The molecule has 4 nitrogen and oxygen atoms in total. The van der Waals surface area contributed by atoms with Gasteiger partial charge < -0.3 is 4.74 Å². The maximum atomic E-state index is 11.5. The van der Waals surface area contributed by atoms with E-state index in [0.29, 0.717) is 6.54 Å². The van der Waals surface area contributed by atoms with E-state index in [2.05, 4.69) is 0 Å². The summed E-state index contributed by atoms with van der Waals surface area (Å²) in [4.78, 5) is 11.5. The number of esters is 1. The average molecular weight is 223 g/mol. The van der Waals surface area contributed by atoms with Crippen LogP contribution in [-0.2, 0) is 9.53 Å². The van der Waals surface area contributed by atoms with Gasteiger partial charge in [0.05, 0.1) is 5.92 Å². The van der Waals surface area contributed by atoms with Crippen molar-refractivity contribution in [2.75, 3.05) is 13.1 Å². The van der Waals surface area contributed by atoms with Gasteiger partial charge >= 0.3 is 5.97 Å². The highest BCUT2D eigenvalue weighted by atomic mass is 35.5. The summed E-state index contributed by atoms with van der Waals surface area (Å²) in [6.07, 6.45) is 0.811. The van der Waals surface area contributed by atoms with Crippen molar-refractivity contribution < 1.29 is 9.53 Å². The van der Waals surface area contributed by atoms with Gasteiger partial charge in [0.1, 0.15) is 5.60 Å². The van der Waals surface area contributed by atoms with Crippen LogP contribution in [0.25, 0.3) is 0 Å². The van der Waals surface area contributed by atoms with Crippen molar-refractivity contribution in [2.45, 2.75) is 32.8 Å². The lowest BCUT2D eigenvalue weighted by atomic mass is 10.1. The van der Waals surface area contributed by atoms with Crippen LogP contribution in [0.15, 0.2) is 0 Å². The maximum absolute atomic E-state index is 11.5.